The van der Waals surface area contributed by atoms with Crippen LogP contribution in [0.25, 0.3) is 0 Å². The van der Waals surface area contributed by atoms with Crippen molar-refractivity contribution in [1.29, 1.82) is 0 Å². The van der Waals surface area contributed by atoms with Gasteiger partial charge in [-0.2, -0.15) is 0 Å². The number of likely N-dealkylation sites (N-methyl/N-ethyl adjacent to an activating group) is 2. The summed E-state index contributed by atoms with van der Waals surface area (Å²) < 4.78 is 0. The first kappa shape index (κ1) is 16.3. The van der Waals surface area contributed by atoms with E-state index in [9.17, 15) is 19.5 Å². The normalized spacial score (nSPS) is 21.7. The van der Waals surface area contributed by atoms with Crippen LogP contribution in [-0.4, -0.2) is 77.0 Å². The van der Waals surface area contributed by atoms with Gasteiger partial charge in [0.25, 0.3) is 0 Å². The van der Waals surface area contributed by atoms with E-state index in [4.69, 9.17) is 0 Å². The molecule has 0 aromatic carbocycles. The summed E-state index contributed by atoms with van der Waals surface area (Å²) in [4.78, 5) is 39.7. The van der Waals surface area contributed by atoms with Crippen LogP contribution in [0.1, 0.15) is 26.7 Å². The summed E-state index contributed by atoms with van der Waals surface area (Å²) in [6.07, 6.45) is 1.10. The second kappa shape index (κ2) is 6.11. The zero-order valence-electron chi connectivity index (χ0n) is 12.5. The zero-order valence-corrected chi connectivity index (χ0v) is 12.5. The molecule has 1 atom stereocenters. The van der Waals surface area contributed by atoms with Crippen LogP contribution >= 0.6 is 0 Å². The van der Waals surface area contributed by atoms with Crippen LogP contribution in [0, 0.1) is 0 Å². The van der Waals surface area contributed by atoms with E-state index in [1.165, 1.54) is 14.7 Å². The summed E-state index contributed by atoms with van der Waals surface area (Å²) in [7, 11) is 3.25. The van der Waals surface area contributed by atoms with E-state index in [-0.39, 0.29) is 18.5 Å². The Morgan fingerprint density at radius 3 is 2.35 bits per heavy atom. The average molecular weight is 285 g/mol. The molecule has 7 heteroatoms. The predicted molar refractivity (Wildman–Crippen MR) is 73.3 cm³/mol. The van der Waals surface area contributed by atoms with Gasteiger partial charge in [0, 0.05) is 27.2 Å². The molecule has 1 fully saturated rings. The summed E-state index contributed by atoms with van der Waals surface area (Å²) in [6.45, 7) is 4.07. The summed E-state index contributed by atoms with van der Waals surface area (Å²) in [5.74, 6) is -1.19. The Hall–Kier alpha value is -1.79. The smallest absolute Gasteiger partial charge is 0.329 e. The Morgan fingerprint density at radius 1 is 1.30 bits per heavy atom. The molecule has 1 unspecified atom stereocenters. The quantitative estimate of drug-likeness (QED) is 0.813. The number of carbonyl (C=O) groups is 3. The highest BCUT2D eigenvalue weighted by Crippen LogP contribution is 2.30. The summed E-state index contributed by atoms with van der Waals surface area (Å²) in [5, 5.41) is 9.33. The fourth-order valence-corrected chi connectivity index (χ4v) is 2.28. The highest BCUT2D eigenvalue weighted by atomic mass is 16.4. The number of carboxylic acids is 1. The minimum absolute atomic E-state index is 0.0332. The Kier molecular flexibility index (Phi) is 4.97. The predicted octanol–water partition coefficient (Wildman–Crippen LogP) is 0.456. The molecule has 0 bridgehead atoms. The van der Waals surface area contributed by atoms with Crippen molar-refractivity contribution in [2.75, 3.05) is 33.7 Å². The summed E-state index contributed by atoms with van der Waals surface area (Å²) in [6, 6.07) is -0.384. The van der Waals surface area contributed by atoms with Crippen LogP contribution < -0.4 is 0 Å². The second-order valence-corrected chi connectivity index (χ2v) is 5.42. The van der Waals surface area contributed by atoms with E-state index in [0.29, 0.717) is 25.9 Å². The van der Waals surface area contributed by atoms with Crippen LogP contribution in [0.4, 0.5) is 4.79 Å². The number of carboxylic acid groups (broad SMARTS) is 1. The van der Waals surface area contributed by atoms with Crippen molar-refractivity contribution in [2.24, 2.45) is 0 Å². The van der Waals surface area contributed by atoms with E-state index in [0.717, 1.165) is 0 Å². The highest BCUT2D eigenvalue weighted by Gasteiger charge is 2.47. The minimum atomic E-state index is -1.17. The Bertz CT molecular complexity index is 410. The molecule has 20 heavy (non-hydrogen) atoms. The van der Waals surface area contributed by atoms with E-state index >= 15 is 0 Å². The number of aliphatic carboxylic acids is 1. The number of rotatable bonds is 4. The first-order valence-electron chi connectivity index (χ1n) is 6.74. The van der Waals surface area contributed by atoms with Gasteiger partial charge in [0.15, 0.2) is 0 Å². The van der Waals surface area contributed by atoms with Gasteiger partial charge in [0.05, 0.1) is 0 Å². The molecule has 1 aliphatic heterocycles. The number of hydrogen-bond donors (Lipinski definition) is 1. The molecule has 1 aliphatic rings. The molecule has 0 aromatic heterocycles. The average Bonchev–Trinajstić information content (AvgIpc) is 2.78. The first-order chi connectivity index (χ1) is 9.24. The number of likely N-dealkylation sites (tertiary alicyclic amines) is 1. The standard InChI is InChI=1S/C13H23N3O4/c1-5-15(9-10(17)14(3)4)12(20)16-8-6-7-13(16,2)11(18)19/h5-9H2,1-4H3,(H,18,19). The number of urea groups is 1. The van der Waals surface area contributed by atoms with Gasteiger partial charge < -0.3 is 19.8 Å². The molecule has 0 aromatic rings. The molecule has 0 aliphatic carbocycles. The Morgan fingerprint density at radius 2 is 1.90 bits per heavy atom. The zero-order chi connectivity index (χ0) is 15.5. The van der Waals surface area contributed by atoms with Crippen molar-refractivity contribution < 1.29 is 19.5 Å². The molecule has 0 radical (unpaired) electrons. The van der Waals surface area contributed by atoms with Crippen molar-refractivity contribution in [3.8, 4) is 0 Å². The van der Waals surface area contributed by atoms with Crippen molar-refractivity contribution in [1.82, 2.24) is 14.7 Å². The van der Waals surface area contributed by atoms with Crippen LogP contribution in [0.5, 0.6) is 0 Å². The molecular formula is C13H23N3O4. The molecule has 0 spiro atoms. The fraction of sp³-hybridized carbons (Fsp3) is 0.769. The SMILES string of the molecule is CCN(CC(=O)N(C)C)C(=O)N1CCCC1(C)C(=O)O. The Labute approximate surface area is 119 Å². The van der Waals surface area contributed by atoms with Gasteiger partial charge >= 0.3 is 12.0 Å². The Balaban J connectivity index is 2.86. The van der Waals surface area contributed by atoms with E-state index in [1.807, 2.05) is 0 Å². The molecule has 0 saturated carbocycles. The van der Waals surface area contributed by atoms with Crippen LogP contribution in [0.2, 0.25) is 0 Å². The molecule has 7 nitrogen and oxygen atoms in total. The lowest BCUT2D eigenvalue weighted by atomic mass is 10.00. The minimum Gasteiger partial charge on any atom is -0.480 e. The molecule has 1 N–H and O–H groups in total. The third kappa shape index (κ3) is 3.02. The van der Waals surface area contributed by atoms with Gasteiger partial charge in [0.2, 0.25) is 5.91 Å². The maximum atomic E-state index is 12.5. The number of nitrogens with zero attached hydrogens (tertiary/aromatic N) is 3. The maximum Gasteiger partial charge on any atom is 0.329 e. The summed E-state index contributed by atoms with van der Waals surface area (Å²) in [5.41, 5.74) is -1.17. The van der Waals surface area contributed by atoms with Crippen molar-refractivity contribution in [2.45, 2.75) is 32.2 Å². The van der Waals surface area contributed by atoms with Gasteiger partial charge in [-0.15, -0.1) is 0 Å². The molecule has 114 valence electrons. The lowest BCUT2D eigenvalue weighted by Gasteiger charge is -2.35. The molecule has 1 rings (SSSR count). The number of hydrogen-bond acceptors (Lipinski definition) is 3. The van der Waals surface area contributed by atoms with Gasteiger partial charge in [-0.1, -0.05) is 0 Å². The van der Waals surface area contributed by atoms with E-state index in [2.05, 4.69) is 0 Å². The van der Waals surface area contributed by atoms with E-state index in [1.54, 1.807) is 27.9 Å². The molecule has 3 amide bonds. The van der Waals surface area contributed by atoms with Crippen LogP contribution in [0.3, 0.4) is 0 Å². The van der Waals surface area contributed by atoms with Crippen LogP contribution in [-0.2, 0) is 9.59 Å². The number of amides is 3. The van der Waals surface area contributed by atoms with E-state index < -0.39 is 11.5 Å². The van der Waals surface area contributed by atoms with Crippen molar-refractivity contribution in [3.05, 3.63) is 0 Å². The van der Waals surface area contributed by atoms with Gasteiger partial charge in [-0.3, -0.25) is 4.79 Å². The fourth-order valence-electron chi connectivity index (χ4n) is 2.28. The van der Waals surface area contributed by atoms with Gasteiger partial charge in [-0.05, 0) is 26.7 Å². The monoisotopic (exact) mass is 285 g/mol. The molecule has 1 heterocycles. The topological polar surface area (TPSA) is 81.2 Å². The summed E-state index contributed by atoms with van der Waals surface area (Å²) >= 11 is 0. The van der Waals surface area contributed by atoms with Gasteiger partial charge in [0.1, 0.15) is 12.1 Å². The third-order valence-corrected chi connectivity index (χ3v) is 3.81. The van der Waals surface area contributed by atoms with Gasteiger partial charge in [-0.25, -0.2) is 9.59 Å². The van der Waals surface area contributed by atoms with Crippen LogP contribution in [0.15, 0.2) is 0 Å². The van der Waals surface area contributed by atoms with Crippen molar-refractivity contribution >= 4 is 17.9 Å². The van der Waals surface area contributed by atoms with Crippen molar-refractivity contribution in [3.63, 3.8) is 0 Å². The lowest BCUT2D eigenvalue weighted by Crippen LogP contribution is -2.56. The molecular weight excluding hydrogens is 262 g/mol. The largest absolute Gasteiger partial charge is 0.480 e. The number of carbonyl (C=O) groups excluding carboxylic acids is 2. The highest BCUT2D eigenvalue weighted by molar-refractivity contribution is 5.89. The molecule has 1 saturated heterocycles. The third-order valence-electron chi connectivity index (χ3n) is 3.81. The first-order valence-corrected chi connectivity index (χ1v) is 6.74. The lowest BCUT2D eigenvalue weighted by molar-refractivity contribution is -0.147. The second-order valence-electron chi connectivity index (χ2n) is 5.42. The maximum absolute atomic E-state index is 12.5.